The maximum atomic E-state index is 6.40. The first-order valence-electron chi connectivity index (χ1n) is 19.8. The van der Waals surface area contributed by atoms with E-state index in [0.29, 0.717) is 0 Å². The van der Waals surface area contributed by atoms with Crippen molar-refractivity contribution < 1.29 is 4.42 Å². The summed E-state index contributed by atoms with van der Waals surface area (Å²) in [6.45, 7) is 0. The van der Waals surface area contributed by atoms with Crippen LogP contribution in [-0.2, 0) is 0 Å². The maximum absolute atomic E-state index is 6.40. The maximum Gasteiger partial charge on any atom is 0.136 e. The molecular weight excluding hydrogens is 703 g/mol. The number of para-hydroxylation sites is 1. The monoisotopic (exact) mass is 739 g/mol. The van der Waals surface area contributed by atoms with Crippen molar-refractivity contribution in [2.45, 2.75) is 0 Å². The molecule has 0 saturated carbocycles. The largest absolute Gasteiger partial charge is 0.456 e. The number of fused-ring (bicyclic) bond motifs is 6. The van der Waals surface area contributed by atoms with Gasteiger partial charge in [0.25, 0.3) is 0 Å². The molecule has 2 heteroatoms. The molecule has 0 amide bonds. The number of furan rings is 1. The van der Waals surface area contributed by atoms with Gasteiger partial charge in [-0.1, -0.05) is 164 Å². The molecule has 0 aliphatic rings. The third-order valence-corrected chi connectivity index (χ3v) is 11.5. The molecule has 0 atom stereocenters. The first-order valence-corrected chi connectivity index (χ1v) is 19.8. The van der Waals surface area contributed by atoms with Crippen molar-refractivity contribution in [3.8, 4) is 44.5 Å². The zero-order chi connectivity index (χ0) is 38.4. The Morgan fingerprint density at radius 1 is 0.293 bits per heavy atom. The van der Waals surface area contributed by atoms with Crippen molar-refractivity contribution in [2.24, 2.45) is 0 Å². The molecule has 0 saturated heterocycles. The predicted octanol–water partition coefficient (Wildman–Crippen LogP) is 16.0. The van der Waals surface area contributed by atoms with E-state index in [4.69, 9.17) is 4.42 Å². The lowest BCUT2D eigenvalue weighted by molar-refractivity contribution is 0.669. The van der Waals surface area contributed by atoms with Crippen molar-refractivity contribution in [2.75, 3.05) is 4.90 Å². The number of rotatable bonds is 7. The minimum Gasteiger partial charge on any atom is -0.456 e. The van der Waals surface area contributed by atoms with E-state index in [2.05, 4.69) is 229 Å². The van der Waals surface area contributed by atoms with Gasteiger partial charge in [-0.3, -0.25) is 0 Å². The Morgan fingerprint density at radius 2 is 0.828 bits per heavy atom. The summed E-state index contributed by atoms with van der Waals surface area (Å²) in [4.78, 5) is 2.38. The number of benzene rings is 10. The van der Waals surface area contributed by atoms with Gasteiger partial charge < -0.3 is 9.32 Å². The first-order chi connectivity index (χ1) is 28.7. The van der Waals surface area contributed by atoms with E-state index in [0.717, 1.165) is 50.1 Å². The molecule has 0 aliphatic carbocycles. The molecule has 58 heavy (non-hydrogen) atoms. The van der Waals surface area contributed by atoms with E-state index < -0.39 is 0 Å². The van der Waals surface area contributed by atoms with E-state index in [1.54, 1.807) is 0 Å². The minimum absolute atomic E-state index is 0.890. The fourth-order valence-corrected chi connectivity index (χ4v) is 8.54. The molecule has 2 nitrogen and oxygen atoms in total. The molecule has 0 aliphatic heterocycles. The Kier molecular flexibility index (Phi) is 8.19. The van der Waals surface area contributed by atoms with Crippen LogP contribution in [0.15, 0.2) is 229 Å². The molecule has 11 rings (SSSR count). The van der Waals surface area contributed by atoms with Gasteiger partial charge in [0.2, 0.25) is 0 Å². The number of hydrogen-bond donors (Lipinski definition) is 0. The van der Waals surface area contributed by atoms with Crippen LogP contribution in [-0.4, -0.2) is 0 Å². The highest BCUT2D eigenvalue weighted by Gasteiger charge is 2.19. The second-order valence-corrected chi connectivity index (χ2v) is 14.9. The zero-order valence-corrected chi connectivity index (χ0v) is 31.7. The lowest BCUT2D eigenvalue weighted by Gasteiger charge is -2.28. The third kappa shape index (κ3) is 6.00. The lowest BCUT2D eigenvalue weighted by Crippen LogP contribution is -2.11. The van der Waals surface area contributed by atoms with Crippen molar-refractivity contribution in [1.29, 1.82) is 0 Å². The van der Waals surface area contributed by atoms with Crippen LogP contribution in [0.5, 0.6) is 0 Å². The highest BCUT2D eigenvalue weighted by molar-refractivity contribution is 6.19. The Morgan fingerprint density at radius 3 is 1.62 bits per heavy atom. The summed E-state index contributed by atoms with van der Waals surface area (Å²) in [5.74, 6) is 0. The molecule has 272 valence electrons. The van der Waals surface area contributed by atoms with Gasteiger partial charge in [-0.25, -0.2) is 0 Å². The summed E-state index contributed by atoms with van der Waals surface area (Å²) in [6.07, 6.45) is 0. The van der Waals surface area contributed by atoms with Gasteiger partial charge in [0.15, 0.2) is 0 Å². The van der Waals surface area contributed by atoms with Gasteiger partial charge in [-0.15, -0.1) is 0 Å². The molecule has 10 aromatic carbocycles. The Hall–Kier alpha value is -7.68. The van der Waals surface area contributed by atoms with Gasteiger partial charge in [-0.2, -0.15) is 0 Å². The Balaban J connectivity index is 1.02. The first kappa shape index (κ1) is 33.6. The van der Waals surface area contributed by atoms with Gasteiger partial charge in [0, 0.05) is 27.7 Å². The molecule has 0 spiro atoms. The SMILES string of the molecule is c1ccc(-c2ccc(N(c3ccc(-c4cccc(-c5ccc6ccccc6c5)c4)cc3)c3ccccc3-c3ccc4oc5ccc6ccccc6c5c4c3)cc2)cc1. The summed E-state index contributed by atoms with van der Waals surface area (Å²) < 4.78 is 6.40. The van der Waals surface area contributed by atoms with Crippen LogP contribution in [0.1, 0.15) is 0 Å². The summed E-state index contributed by atoms with van der Waals surface area (Å²) in [5, 5.41) is 7.18. The molecule has 0 bridgehead atoms. The molecule has 0 radical (unpaired) electrons. The van der Waals surface area contributed by atoms with E-state index in [1.165, 1.54) is 54.9 Å². The highest BCUT2D eigenvalue weighted by atomic mass is 16.3. The van der Waals surface area contributed by atoms with Crippen LogP contribution < -0.4 is 4.90 Å². The van der Waals surface area contributed by atoms with Crippen molar-refractivity contribution >= 4 is 60.5 Å². The molecule has 1 aromatic heterocycles. The van der Waals surface area contributed by atoms with Gasteiger partial charge in [0.05, 0.1) is 5.69 Å². The molecule has 0 unspecified atom stereocenters. The van der Waals surface area contributed by atoms with Gasteiger partial charge >= 0.3 is 0 Å². The standard InChI is InChI=1S/C56H37NO/c1-2-11-38(12-3-1)40-23-29-48(30-24-40)57(49-31-25-41(26-32-49)44-16-10-17-45(35-44)46-22-21-39-13-4-5-15-43(39)36-46)53-20-9-8-18-50(53)47-28-33-54-52(37-47)56-51-19-7-6-14-42(51)27-34-55(56)58-54/h1-37H. The van der Waals surface area contributed by atoms with Crippen LogP contribution >= 0.6 is 0 Å². The second-order valence-electron chi connectivity index (χ2n) is 14.9. The zero-order valence-electron chi connectivity index (χ0n) is 31.7. The van der Waals surface area contributed by atoms with Gasteiger partial charge in [0.1, 0.15) is 11.2 Å². The van der Waals surface area contributed by atoms with E-state index in [9.17, 15) is 0 Å². The van der Waals surface area contributed by atoms with Crippen molar-refractivity contribution in [3.05, 3.63) is 224 Å². The average molecular weight is 740 g/mol. The molecule has 0 fully saturated rings. The van der Waals surface area contributed by atoms with Crippen LogP contribution in [0.25, 0.3) is 88.0 Å². The molecular formula is C56H37NO. The predicted molar refractivity (Wildman–Crippen MR) is 245 cm³/mol. The molecule has 11 aromatic rings. The van der Waals surface area contributed by atoms with E-state index in [-0.39, 0.29) is 0 Å². The summed E-state index contributed by atoms with van der Waals surface area (Å²) in [6, 6.07) is 80.7. The fraction of sp³-hybridized carbons (Fsp3) is 0. The molecule has 0 N–H and O–H groups in total. The smallest absolute Gasteiger partial charge is 0.136 e. The summed E-state index contributed by atoms with van der Waals surface area (Å²) in [5.41, 5.74) is 14.5. The fourth-order valence-electron chi connectivity index (χ4n) is 8.54. The minimum atomic E-state index is 0.890. The van der Waals surface area contributed by atoms with Gasteiger partial charge in [-0.05, 0) is 121 Å². The van der Waals surface area contributed by atoms with Crippen molar-refractivity contribution in [1.82, 2.24) is 0 Å². The number of hydrogen-bond acceptors (Lipinski definition) is 2. The third-order valence-electron chi connectivity index (χ3n) is 11.5. The Labute approximate surface area is 337 Å². The van der Waals surface area contributed by atoms with Crippen LogP contribution in [0, 0.1) is 0 Å². The quantitative estimate of drug-likeness (QED) is 0.162. The van der Waals surface area contributed by atoms with E-state index in [1.807, 2.05) is 0 Å². The molecule has 1 heterocycles. The number of nitrogens with zero attached hydrogens (tertiary/aromatic N) is 1. The number of anilines is 3. The van der Waals surface area contributed by atoms with E-state index >= 15 is 0 Å². The second kappa shape index (κ2) is 14.1. The topological polar surface area (TPSA) is 16.4 Å². The van der Waals surface area contributed by atoms with Crippen LogP contribution in [0.3, 0.4) is 0 Å². The summed E-state index contributed by atoms with van der Waals surface area (Å²) >= 11 is 0. The van der Waals surface area contributed by atoms with Crippen molar-refractivity contribution in [3.63, 3.8) is 0 Å². The van der Waals surface area contributed by atoms with Crippen LogP contribution in [0.4, 0.5) is 17.1 Å². The summed E-state index contributed by atoms with van der Waals surface area (Å²) in [7, 11) is 0. The highest BCUT2D eigenvalue weighted by Crippen LogP contribution is 2.44. The lowest BCUT2D eigenvalue weighted by atomic mass is 9.96. The van der Waals surface area contributed by atoms with Crippen LogP contribution in [0.2, 0.25) is 0 Å². The Bertz CT molecular complexity index is 3270. The average Bonchev–Trinajstić information content (AvgIpc) is 3.69. The normalized spacial score (nSPS) is 11.4.